The molecule has 0 unspecified atom stereocenters. The maximum atomic E-state index is 5.39. The van der Waals surface area contributed by atoms with E-state index in [1.54, 1.807) is 29.8 Å². The molecular weight excluding hydrogens is 350 g/mol. The van der Waals surface area contributed by atoms with Crippen molar-refractivity contribution < 1.29 is 4.74 Å². The van der Waals surface area contributed by atoms with Crippen molar-refractivity contribution in [1.82, 2.24) is 9.97 Å². The first-order valence-electron chi connectivity index (χ1n) is 8.37. The highest BCUT2D eigenvalue weighted by Gasteiger charge is 2.11. The lowest BCUT2D eigenvalue weighted by atomic mass is 10.1. The Bertz CT molecular complexity index is 1020. The third-order valence-electron chi connectivity index (χ3n) is 4.09. The molecule has 0 atom stereocenters. The van der Waals surface area contributed by atoms with E-state index in [2.05, 4.69) is 46.5 Å². The van der Waals surface area contributed by atoms with E-state index in [1.807, 2.05) is 12.1 Å². The summed E-state index contributed by atoms with van der Waals surface area (Å²) in [6.07, 6.45) is 3.57. The number of hydrogen-bond donors (Lipinski definition) is 1. The van der Waals surface area contributed by atoms with Gasteiger partial charge < -0.3 is 10.1 Å². The van der Waals surface area contributed by atoms with Crippen LogP contribution >= 0.6 is 22.7 Å². The van der Waals surface area contributed by atoms with Gasteiger partial charge in [0.25, 0.3) is 0 Å². The quantitative estimate of drug-likeness (QED) is 0.453. The van der Waals surface area contributed by atoms with E-state index in [-0.39, 0.29) is 0 Å². The first kappa shape index (κ1) is 16.3. The lowest BCUT2D eigenvalue weighted by Crippen LogP contribution is -1.88. The molecule has 0 aliphatic heterocycles. The lowest BCUT2D eigenvalue weighted by molar-refractivity contribution is 0.419. The highest BCUT2D eigenvalue weighted by molar-refractivity contribution is 7.24. The van der Waals surface area contributed by atoms with Gasteiger partial charge in [-0.1, -0.05) is 48.2 Å². The first-order valence-corrected chi connectivity index (χ1v) is 10.00. The number of fused-ring (bicyclic) bond motifs is 2. The van der Waals surface area contributed by atoms with E-state index in [1.165, 1.54) is 23.1 Å². The minimum atomic E-state index is 0.798. The Balaban J connectivity index is 1.62. The van der Waals surface area contributed by atoms with Crippen LogP contribution in [0.25, 0.3) is 20.4 Å². The molecule has 0 fully saturated rings. The summed E-state index contributed by atoms with van der Waals surface area (Å²) in [7, 11) is 1.67. The Hall–Kier alpha value is -2.18. The summed E-state index contributed by atoms with van der Waals surface area (Å²) in [6, 6.07) is 12.5. The Kier molecular flexibility index (Phi) is 4.55. The molecule has 25 heavy (non-hydrogen) atoms. The molecule has 4 rings (SSSR count). The van der Waals surface area contributed by atoms with Gasteiger partial charge in [0.1, 0.15) is 11.3 Å². The van der Waals surface area contributed by atoms with Crippen molar-refractivity contribution in [3.8, 4) is 5.75 Å². The number of aryl methyl sites for hydroxylation is 1. The molecule has 2 heterocycles. The zero-order valence-corrected chi connectivity index (χ0v) is 15.8. The minimum Gasteiger partial charge on any atom is -0.494 e. The summed E-state index contributed by atoms with van der Waals surface area (Å²) in [4.78, 5) is 9.34. The van der Waals surface area contributed by atoms with Gasteiger partial charge >= 0.3 is 0 Å². The molecule has 0 aliphatic rings. The number of para-hydroxylation sites is 1. The average molecular weight is 370 g/mol. The number of anilines is 2. The summed E-state index contributed by atoms with van der Waals surface area (Å²) in [6.45, 7) is 2.22. The van der Waals surface area contributed by atoms with E-state index in [0.29, 0.717) is 0 Å². The van der Waals surface area contributed by atoms with Crippen molar-refractivity contribution in [3.63, 3.8) is 0 Å². The van der Waals surface area contributed by atoms with Crippen LogP contribution in [0, 0.1) is 0 Å². The predicted octanol–water partition coefficient (Wildman–Crippen LogP) is 6.00. The van der Waals surface area contributed by atoms with Crippen molar-refractivity contribution >= 4 is 53.4 Å². The van der Waals surface area contributed by atoms with Crippen LogP contribution in [0.15, 0.2) is 36.4 Å². The van der Waals surface area contributed by atoms with E-state index in [0.717, 1.165) is 38.2 Å². The van der Waals surface area contributed by atoms with E-state index in [9.17, 15) is 0 Å². The molecule has 0 saturated carbocycles. The largest absolute Gasteiger partial charge is 0.494 e. The van der Waals surface area contributed by atoms with Crippen LogP contribution in [0.3, 0.4) is 0 Å². The van der Waals surface area contributed by atoms with Crippen LogP contribution in [0.5, 0.6) is 5.75 Å². The average Bonchev–Trinajstić information content (AvgIpc) is 3.21. The summed E-state index contributed by atoms with van der Waals surface area (Å²) >= 11 is 3.28. The van der Waals surface area contributed by atoms with E-state index < -0.39 is 0 Å². The van der Waals surface area contributed by atoms with Crippen LogP contribution in [0.1, 0.15) is 25.3 Å². The van der Waals surface area contributed by atoms with Crippen molar-refractivity contribution in [2.24, 2.45) is 0 Å². The number of ether oxygens (including phenoxy) is 1. The van der Waals surface area contributed by atoms with Gasteiger partial charge in [-0.15, -0.1) is 0 Å². The fraction of sp³-hybridized carbons (Fsp3) is 0.263. The van der Waals surface area contributed by atoms with Crippen LogP contribution in [0.4, 0.5) is 10.3 Å². The molecule has 6 heteroatoms. The smallest absolute Gasteiger partial charge is 0.190 e. The SMILES string of the molecule is CCCCc1ccc2nc(Nc3nc4c(OC)cccc4s3)sc2c1. The Labute approximate surface area is 154 Å². The second-order valence-corrected chi connectivity index (χ2v) is 7.94. The van der Waals surface area contributed by atoms with Crippen LogP contribution in [0.2, 0.25) is 0 Å². The molecule has 2 aromatic heterocycles. The lowest BCUT2D eigenvalue weighted by Gasteiger charge is -1.98. The molecule has 2 aromatic carbocycles. The molecule has 128 valence electrons. The number of hydrogen-bond acceptors (Lipinski definition) is 6. The summed E-state index contributed by atoms with van der Waals surface area (Å²) in [5.74, 6) is 0.798. The number of unbranched alkanes of at least 4 members (excludes halogenated alkanes) is 1. The maximum Gasteiger partial charge on any atom is 0.190 e. The molecule has 1 N–H and O–H groups in total. The Morgan fingerprint density at radius 3 is 2.72 bits per heavy atom. The number of benzene rings is 2. The Morgan fingerprint density at radius 2 is 1.88 bits per heavy atom. The number of nitrogens with zero attached hydrogens (tertiary/aromatic N) is 2. The van der Waals surface area contributed by atoms with Gasteiger partial charge in [-0.05, 0) is 42.7 Å². The summed E-state index contributed by atoms with van der Waals surface area (Å²) in [5, 5.41) is 5.07. The third kappa shape index (κ3) is 3.32. The predicted molar refractivity (Wildman–Crippen MR) is 108 cm³/mol. The van der Waals surface area contributed by atoms with Gasteiger partial charge in [-0.25, -0.2) is 9.97 Å². The number of nitrogens with one attached hydrogen (secondary N) is 1. The topological polar surface area (TPSA) is 47.0 Å². The minimum absolute atomic E-state index is 0.798. The number of thiazole rings is 2. The monoisotopic (exact) mass is 369 g/mol. The number of aromatic nitrogens is 2. The van der Waals surface area contributed by atoms with Gasteiger partial charge in [0, 0.05) is 0 Å². The number of rotatable bonds is 6. The first-order chi connectivity index (χ1) is 12.3. The molecule has 4 nitrogen and oxygen atoms in total. The zero-order valence-electron chi connectivity index (χ0n) is 14.2. The highest BCUT2D eigenvalue weighted by atomic mass is 32.1. The number of methoxy groups -OCH3 is 1. The van der Waals surface area contributed by atoms with Crippen LogP contribution < -0.4 is 10.1 Å². The van der Waals surface area contributed by atoms with Gasteiger partial charge in [-0.3, -0.25) is 0 Å². The van der Waals surface area contributed by atoms with Crippen LogP contribution in [-0.2, 0) is 6.42 Å². The Morgan fingerprint density at radius 1 is 1.04 bits per heavy atom. The van der Waals surface area contributed by atoms with E-state index >= 15 is 0 Å². The van der Waals surface area contributed by atoms with Crippen LogP contribution in [-0.4, -0.2) is 17.1 Å². The fourth-order valence-corrected chi connectivity index (χ4v) is 4.67. The molecular formula is C19H19N3OS2. The molecule has 0 saturated heterocycles. The van der Waals surface area contributed by atoms with Gasteiger partial charge in [-0.2, -0.15) is 0 Å². The maximum absolute atomic E-state index is 5.39. The summed E-state index contributed by atoms with van der Waals surface area (Å²) < 4.78 is 7.71. The fourth-order valence-electron chi connectivity index (χ4n) is 2.79. The van der Waals surface area contributed by atoms with Gasteiger partial charge in [0.2, 0.25) is 0 Å². The third-order valence-corrected chi connectivity index (χ3v) is 5.96. The second-order valence-electron chi connectivity index (χ2n) is 5.88. The van der Waals surface area contributed by atoms with E-state index in [4.69, 9.17) is 4.74 Å². The normalized spacial score (nSPS) is 11.3. The van der Waals surface area contributed by atoms with Gasteiger partial charge in [0.05, 0.1) is 22.0 Å². The van der Waals surface area contributed by atoms with Crippen molar-refractivity contribution in [2.75, 3.05) is 12.4 Å². The molecule has 0 bridgehead atoms. The molecule has 0 aliphatic carbocycles. The van der Waals surface area contributed by atoms with Crippen molar-refractivity contribution in [3.05, 3.63) is 42.0 Å². The second kappa shape index (κ2) is 6.98. The van der Waals surface area contributed by atoms with Crippen molar-refractivity contribution in [2.45, 2.75) is 26.2 Å². The molecule has 0 radical (unpaired) electrons. The zero-order chi connectivity index (χ0) is 17.2. The molecule has 0 amide bonds. The van der Waals surface area contributed by atoms with Crippen molar-refractivity contribution in [1.29, 1.82) is 0 Å². The van der Waals surface area contributed by atoms with Gasteiger partial charge in [0.15, 0.2) is 10.3 Å². The molecule has 4 aromatic rings. The molecule has 0 spiro atoms. The standard InChI is InChI=1S/C19H19N3OS2/c1-3-4-6-12-9-10-13-16(11-12)25-18(20-13)22-19-21-17-14(23-2)7-5-8-15(17)24-19/h5,7-11H,3-4,6H2,1-2H3,(H,20,21,22). The highest BCUT2D eigenvalue weighted by Crippen LogP contribution is 2.35. The summed E-state index contributed by atoms with van der Waals surface area (Å²) in [5.41, 5.74) is 3.31.